The van der Waals surface area contributed by atoms with E-state index in [1.54, 1.807) is 30.3 Å². The van der Waals surface area contributed by atoms with E-state index in [2.05, 4.69) is 0 Å². The fourth-order valence-electron chi connectivity index (χ4n) is 1.65. The number of hydrogen-bond donors (Lipinski definition) is 2. The van der Waals surface area contributed by atoms with E-state index in [1.807, 2.05) is 5.32 Å². The molecule has 1 aliphatic heterocycles. The zero-order valence-corrected chi connectivity index (χ0v) is 9.71. The Kier molecular flexibility index (Phi) is 2.88. The Balaban J connectivity index is 2.25. The van der Waals surface area contributed by atoms with Crippen molar-refractivity contribution in [1.29, 1.82) is 0 Å². The molecule has 0 radical (unpaired) electrons. The summed E-state index contributed by atoms with van der Waals surface area (Å²) in [5, 5.41) is 11.7. The molecule has 1 atom stereocenters. The van der Waals surface area contributed by atoms with Crippen LogP contribution in [0.4, 0.5) is 4.79 Å². The van der Waals surface area contributed by atoms with E-state index < -0.39 is 23.4 Å². The minimum atomic E-state index is -2.21. The summed E-state index contributed by atoms with van der Waals surface area (Å²) in [6.45, 7) is 1.07. The Morgan fingerprint density at radius 2 is 1.83 bits per heavy atom. The standard InChI is InChI=1S/C12H12N2O4/c1-12(18)9(15)13-11(17)14(10(12)16)7-8-5-3-2-4-6-8/h2-6,18H,7H2,1H3,(H,13,15,17). The van der Waals surface area contributed by atoms with Gasteiger partial charge in [-0.15, -0.1) is 0 Å². The molecule has 94 valence electrons. The average Bonchev–Trinajstić information content (AvgIpc) is 2.34. The highest BCUT2D eigenvalue weighted by molar-refractivity contribution is 6.20. The molecule has 6 heteroatoms. The van der Waals surface area contributed by atoms with E-state index >= 15 is 0 Å². The molecule has 1 aliphatic rings. The Morgan fingerprint density at radius 1 is 1.22 bits per heavy atom. The van der Waals surface area contributed by atoms with Gasteiger partial charge in [-0.3, -0.25) is 19.8 Å². The second-order valence-corrected chi connectivity index (χ2v) is 4.21. The van der Waals surface area contributed by atoms with Gasteiger partial charge < -0.3 is 5.11 Å². The minimum absolute atomic E-state index is 0.00887. The molecule has 6 nitrogen and oxygen atoms in total. The quantitative estimate of drug-likeness (QED) is 0.722. The summed E-state index contributed by atoms with van der Waals surface area (Å²) in [7, 11) is 0. The zero-order valence-electron chi connectivity index (χ0n) is 9.71. The summed E-state index contributed by atoms with van der Waals surface area (Å²) in [6.07, 6.45) is 0. The number of hydrogen-bond acceptors (Lipinski definition) is 4. The number of amides is 4. The SMILES string of the molecule is CC1(O)C(=O)NC(=O)N(Cc2ccccc2)C1=O. The maximum Gasteiger partial charge on any atom is 0.331 e. The van der Waals surface area contributed by atoms with Crippen LogP contribution in [0.15, 0.2) is 30.3 Å². The summed E-state index contributed by atoms with van der Waals surface area (Å²) in [4.78, 5) is 35.6. The molecule has 18 heavy (non-hydrogen) atoms. The maximum atomic E-state index is 11.9. The van der Waals surface area contributed by atoms with E-state index in [4.69, 9.17) is 0 Å². The van der Waals surface area contributed by atoms with Crippen LogP contribution in [0, 0.1) is 0 Å². The predicted molar refractivity (Wildman–Crippen MR) is 61.2 cm³/mol. The summed E-state index contributed by atoms with van der Waals surface area (Å²) < 4.78 is 0. The molecule has 0 spiro atoms. The monoisotopic (exact) mass is 248 g/mol. The van der Waals surface area contributed by atoms with Crippen molar-refractivity contribution in [3.05, 3.63) is 35.9 Å². The van der Waals surface area contributed by atoms with Crippen LogP contribution in [0.3, 0.4) is 0 Å². The highest BCUT2D eigenvalue weighted by Crippen LogP contribution is 2.17. The third kappa shape index (κ3) is 1.98. The van der Waals surface area contributed by atoms with Gasteiger partial charge in [0.25, 0.3) is 11.8 Å². The smallest absolute Gasteiger partial charge is 0.331 e. The topological polar surface area (TPSA) is 86.7 Å². The number of nitrogens with zero attached hydrogens (tertiary/aromatic N) is 1. The molecule has 1 saturated heterocycles. The maximum absolute atomic E-state index is 11.9. The van der Waals surface area contributed by atoms with E-state index in [9.17, 15) is 19.5 Å². The molecule has 0 aliphatic carbocycles. The van der Waals surface area contributed by atoms with E-state index in [0.717, 1.165) is 17.4 Å². The average molecular weight is 248 g/mol. The Bertz CT molecular complexity index is 510. The van der Waals surface area contributed by atoms with Crippen LogP contribution in [0.25, 0.3) is 0 Å². The number of rotatable bonds is 2. The first-order valence-electron chi connectivity index (χ1n) is 5.36. The number of urea groups is 1. The number of barbiturate groups is 1. The molecule has 1 aromatic carbocycles. The zero-order chi connectivity index (χ0) is 13.3. The molecule has 4 amide bonds. The molecule has 0 saturated carbocycles. The first-order valence-corrected chi connectivity index (χ1v) is 5.36. The summed E-state index contributed by atoms with van der Waals surface area (Å²) in [5.74, 6) is -1.91. The van der Waals surface area contributed by atoms with Crippen molar-refractivity contribution in [3.63, 3.8) is 0 Å². The first kappa shape index (κ1) is 12.3. The second kappa shape index (κ2) is 4.23. The van der Waals surface area contributed by atoms with E-state index in [-0.39, 0.29) is 6.54 Å². The Labute approximate surface area is 103 Å². The van der Waals surface area contributed by atoms with Crippen LogP contribution in [0.5, 0.6) is 0 Å². The van der Waals surface area contributed by atoms with Crippen LogP contribution < -0.4 is 5.32 Å². The van der Waals surface area contributed by atoms with Crippen molar-refractivity contribution in [2.75, 3.05) is 0 Å². The van der Waals surface area contributed by atoms with Crippen LogP contribution in [-0.2, 0) is 16.1 Å². The minimum Gasteiger partial charge on any atom is -0.372 e. The summed E-state index contributed by atoms with van der Waals surface area (Å²) in [6, 6.07) is 8.01. The molecular formula is C12H12N2O4. The van der Waals surface area contributed by atoms with Crippen LogP contribution in [-0.4, -0.2) is 33.5 Å². The fraction of sp³-hybridized carbons (Fsp3) is 0.250. The van der Waals surface area contributed by atoms with Gasteiger partial charge in [-0.1, -0.05) is 30.3 Å². The van der Waals surface area contributed by atoms with Crippen LogP contribution in [0.2, 0.25) is 0 Å². The molecule has 1 aromatic rings. The van der Waals surface area contributed by atoms with Crippen molar-refractivity contribution in [2.45, 2.75) is 19.1 Å². The van der Waals surface area contributed by atoms with Gasteiger partial charge in [-0.2, -0.15) is 0 Å². The molecular weight excluding hydrogens is 236 g/mol. The predicted octanol–water partition coefficient (Wildman–Crippen LogP) is 0.0160. The Morgan fingerprint density at radius 3 is 2.44 bits per heavy atom. The van der Waals surface area contributed by atoms with Crippen molar-refractivity contribution in [2.24, 2.45) is 0 Å². The number of carbonyl (C=O) groups is 3. The van der Waals surface area contributed by atoms with Gasteiger partial charge in [0, 0.05) is 0 Å². The van der Waals surface area contributed by atoms with Gasteiger partial charge in [0.15, 0.2) is 0 Å². The van der Waals surface area contributed by atoms with Crippen molar-refractivity contribution in [1.82, 2.24) is 10.2 Å². The van der Waals surface area contributed by atoms with Gasteiger partial charge in [0.1, 0.15) is 0 Å². The number of carbonyl (C=O) groups excluding carboxylic acids is 3. The third-order valence-corrected chi connectivity index (χ3v) is 2.75. The van der Waals surface area contributed by atoms with Gasteiger partial charge >= 0.3 is 6.03 Å². The third-order valence-electron chi connectivity index (χ3n) is 2.75. The van der Waals surface area contributed by atoms with Crippen LogP contribution >= 0.6 is 0 Å². The summed E-state index contributed by atoms with van der Waals surface area (Å²) in [5.41, 5.74) is -1.48. The normalized spacial score (nSPS) is 24.1. The van der Waals surface area contributed by atoms with Gasteiger partial charge in [-0.05, 0) is 12.5 Å². The van der Waals surface area contributed by atoms with Crippen LogP contribution in [0.1, 0.15) is 12.5 Å². The highest BCUT2D eigenvalue weighted by atomic mass is 16.3. The van der Waals surface area contributed by atoms with E-state index in [0.29, 0.717) is 0 Å². The Hall–Kier alpha value is -2.21. The summed E-state index contributed by atoms with van der Waals surface area (Å²) >= 11 is 0. The second-order valence-electron chi connectivity index (χ2n) is 4.21. The van der Waals surface area contributed by atoms with Crippen molar-refractivity contribution < 1.29 is 19.5 Å². The van der Waals surface area contributed by atoms with Gasteiger partial charge in [-0.25, -0.2) is 4.79 Å². The number of benzene rings is 1. The molecule has 2 N–H and O–H groups in total. The number of aliphatic hydroxyl groups is 1. The lowest BCUT2D eigenvalue weighted by molar-refractivity contribution is -0.160. The number of imide groups is 2. The molecule has 0 aromatic heterocycles. The molecule has 1 unspecified atom stereocenters. The first-order chi connectivity index (χ1) is 8.43. The molecule has 1 fully saturated rings. The molecule has 0 bridgehead atoms. The molecule has 2 rings (SSSR count). The van der Waals surface area contributed by atoms with Crippen molar-refractivity contribution >= 4 is 17.8 Å². The fourth-order valence-corrected chi connectivity index (χ4v) is 1.65. The highest BCUT2D eigenvalue weighted by Gasteiger charge is 2.49. The number of nitrogens with one attached hydrogen (secondary N) is 1. The lowest BCUT2D eigenvalue weighted by Gasteiger charge is -2.33. The van der Waals surface area contributed by atoms with Gasteiger partial charge in [0.2, 0.25) is 5.60 Å². The lowest BCUT2D eigenvalue weighted by Crippen LogP contribution is -2.66. The van der Waals surface area contributed by atoms with Crippen molar-refractivity contribution in [3.8, 4) is 0 Å². The largest absolute Gasteiger partial charge is 0.372 e. The molecule has 1 heterocycles. The lowest BCUT2D eigenvalue weighted by atomic mass is 10.0. The van der Waals surface area contributed by atoms with E-state index in [1.165, 1.54) is 0 Å². The van der Waals surface area contributed by atoms with Gasteiger partial charge in [0.05, 0.1) is 6.54 Å².